The first-order valence-electron chi connectivity index (χ1n) is 7.21. The van der Waals surface area contributed by atoms with Crippen LogP contribution in [0, 0.1) is 5.82 Å². The van der Waals surface area contributed by atoms with E-state index in [9.17, 15) is 14.0 Å². The molecule has 8 heteroatoms. The number of hydrogen-bond acceptors (Lipinski definition) is 5. The van der Waals surface area contributed by atoms with Gasteiger partial charge in [0.05, 0.1) is 5.69 Å². The van der Waals surface area contributed by atoms with Gasteiger partial charge in [0.2, 0.25) is 5.91 Å². The van der Waals surface area contributed by atoms with Crippen LogP contribution in [0.1, 0.15) is 12.8 Å². The molecule has 0 fully saturated rings. The highest BCUT2D eigenvalue weighted by Crippen LogP contribution is 2.24. The number of carbonyl (C=O) groups is 2. The summed E-state index contributed by atoms with van der Waals surface area (Å²) in [5.41, 5.74) is 6.10. The summed E-state index contributed by atoms with van der Waals surface area (Å²) in [5.74, 6) is -1.35. The topological polar surface area (TPSA) is 97.0 Å². The number of hydrogen-bond donors (Lipinski definition) is 2. The van der Waals surface area contributed by atoms with Crippen LogP contribution in [0.4, 0.5) is 10.1 Å². The smallest absolute Gasteiger partial charge is 0.267 e. The van der Waals surface area contributed by atoms with Crippen LogP contribution in [0.5, 0.6) is 0 Å². The molecule has 0 saturated heterocycles. The van der Waals surface area contributed by atoms with E-state index < -0.39 is 17.8 Å². The van der Waals surface area contributed by atoms with Crippen LogP contribution in [0.3, 0.4) is 0 Å². The number of rotatable bonds is 7. The second kappa shape index (κ2) is 7.68. The SMILES string of the molecule is COCCCNC(=O)C1=NN(c2ccc(F)cc2)[C@H](C(N)=O)C1. The van der Waals surface area contributed by atoms with Gasteiger partial charge in [-0.05, 0) is 30.7 Å². The number of hydrazone groups is 1. The van der Waals surface area contributed by atoms with E-state index >= 15 is 0 Å². The minimum atomic E-state index is -0.764. The number of carbonyl (C=O) groups excluding carboxylic acids is 2. The van der Waals surface area contributed by atoms with Crippen molar-refractivity contribution in [1.29, 1.82) is 0 Å². The third-order valence-electron chi connectivity index (χ3n) is 3.40. The maximum Gasteiger partial charge on any atom is 0.267 e. The first kappa shape index (κ1) is 16.9. The maximum absolute atomic E-state index is 13.0. The van der Waals surface area contributed by atoms with E-state index in [-0.39, 0.29) is 18.0 Å². The minimum absolute atomic E-state index is 0.114. The lowest BCUT2D eigenvalue weighted by atomic mass is 10.1. The second-order valence-electron chi connectivity index (χ2n) is 5.09. The van der Waals surface area contributed by atoms with E-state index in [1.807, 2.05) is 0 Å². The number of amides is 2. The van der Waals surface area contributed by atoms with Crippen LogP contribution in [-0.2, 0) is 14.3 Å². The minimum Gasteiger partial charge on any atom is -0.385 e. The molecule has 0 radical (unpaired) electrons. The Morgan fingerprint density at radius 1 is 1.43 bits per heavy atom. The Hall–Kier alpha value is -2.48. The van der Waals surface area contributed by atoms with Crippen molar-refractivity contribution in [3.8, 4) is 0 Å². The number of benzene rings is 1. The Balaban J connectivity index is 2.09. The van der Waals surface area contributed by atoms with Gasteiger partial charge in [0, 0.05) is 26.7 Å². The van der Waals surface area contributed by atoms with E-state index in [2.05, 4.69) is 10.4 Å². The monoisotopic (exact) mass is 322 g/mol. The van der Waals surface area contributed by atoms with Crippen molar-refractivity contribution in [2.24, 2.45) is 10.8 Å². The zero-order valence-electron chi connectivity index (χ0n) is 12.8. The number of primary amides is 1. The zero-order chi connectivity index (χ0) is 16.8. The summed E-state index contributed by atoms with van der Waals surface area (Å²) in [7, 11) is 1.58. The Kier molecular flexibility index (Phi) is 5.64. The van der Waals surface area contributed by atoms with Gasteiger partial charge in [-0.2, -0.15) is 5.10 Å². The molecule has 0 aromatic heterocycles. The van der Waals surface area contributed by atoms with E-state index in [1.165, 1.54) is 29.3 Å². The molecule has 1 aliphatic heterocycles. The van der Waals surface area contributed by atoms with Crippen LogP contribution in [0.15, 0.2) is 29.4 Å². The summed E-state index contributed by atoms with van der Waals surface area (Å²) < 4.78 is 17.9. The van der Waals surface area contributed by atoms with E-state index in [0.717, 1.165) is 0 Å². The molecule has 1 aliphatic rings. The first-order valence-corrected chi connectivity index (χ1v) is 7.21. The third-order valence-corrected chi connectivity index (χ3v) is 3.40. The van der Waals surface area contributed by atoms with E-state index in [1.54, 1.807) is 7.11 Å². The van der Waals surface area contributed by atoms with Gasteiger partial charge in [-0.15, -0.1) is 0 Å². The predicted molar refractivity (Wildman–Crippen MR) is 83.4 cm³/mol. The zero-order valence-corrected chi connectivity index (χ0v) is 12.8. The lowest BCUT2D eigenvalue weighted by Gasteiger charge is -2.20. The van der Waals surface area contributed by atoms with Crippen molar-refractivity contribution in [2.45, 2.75) is 18.9 Å². The molecular formula is C15H19FN4O3. The van der Waals surface area contributed by atoms with Gasteiger partial charge in [0.15, 0.2) is 0 Å². The number of methoxy groups -OCH3 is 1. The van der Waals surface area contributed by atoms with Crippen LogP contribution in [0.2, 0.25) is 0 Å². The summed E-state index contributed by atoms with van der Waals surface area (Å²) in [6, 6.07) is 4.71. The lowest BCUT2D eigenvalue weighted by molar-refractivity contribution is -0.119. The molecule has 0 aliphatic carbocycles. The van der Waals surface area contributed by atoms with Crippen LogP contribution >= 0.6 is 0 Å². The highest BCUT2D eigenvalue weighted by atomic mass is 19.1. The molecule has 1 aromatic carbocycles. The lowest BCUT2D eigenvalue weighted by Crippen LogP contribution is -2.40. The predicted octanol–water partition coefficient (Wildman–Crippen LogP) is 0.398. The Morgan fingerprint density at radius 3 is 2.74 bits per heavy atom. The van der Waals surface area contributed by atoms with Gasteiger partial charge in [0.25, 0.3) is 5.91 Å². The summed E-state index contributed by atoms with van der Waals surface area (Å²) in [6.45, 7) is 0.988. The summed E-state index contributed by atoms with van der Waals surface area (Å²) in [4.78, 5) is 23.7. The number of ether oxygens (including phenoxy) is 1. The van der Waals surface area contributed by atoms with Crippen LogP contribution in [0.25, 0.3) is 0 Å². The van der Waals surface area contributed by atoms with Gasteiger partial charge in [-0.1, -0.05) is 0 Å². The third kappa shape index (κ3) is 4.26. The summed E-state index contributed by atoms with van der Waals surface area (Å²) in [5, 5.41) is 8.24. The van der Waals surface area contributed by atoms with Crippen molar-refractivity contribution in [3.63, 3.8) is 0 Å². The average Bonchev–Trinajstić information content (AvgIpc) is 2.98. The first-order chi connectivity index (χ1) is 11.0. The van der Waals surface area contributed by atoms with Crippen molar-refractivity contribution >= 4 is 23.2 Å². The van der Waals surface area contributed by atoms with Gasteiger partial charge in [-0.25, -0.2) is 4.39 Å². The molecule has 0 unspecified atom stereocenters. The van der Waals surface area contributed by atoms with Gasteiger partial charge < -0.3 is 15.8 Å². The number of nitrogens with zero attached hydrogens (tertiary/aromatic N) is 2. The number of halogens is 1. The molecule has 0 spiro atoms. The molecule has 2 rings (SSSR count). The van der Waals surface area contributed by atoms with Crippen LogP contribution < -0.4 is 16.1 Å². The molecule has 23 heavy (non-hydrogen) atoms. The Labute approximate surface area is 133 Å². The molecule has 0 saturated carbocycles. The van der Waals surface area contributed by atoms with Gasteiger partial charge in [-0.3, -0.25) is 14.6 Å². The van der Waals surface area contributed by atoms with Crippen molar-refractivity contribution in [1.82, 2.24) is 5.32 Å². The average molecular weight is 322 g/mol. The number of anilines is 1. The fourth-order valence-electron chi connectivity index (χ4n) is 2.22. The summed E-state index contributed by atoms with van der Waals surface area (Å²) in [6.07, 6.45) is 0.791. The van der Waals surface area contributed by atoms with E-state index in [4.69, 9.17) is 10.5 Å². The van der Waals surface area contributed by atoms with Gasteiger partial charge >= 0.3 is 0 Å². The molecular weight excluding hydrogens is 303 g/mol. The molecule has 1 heterocycles. The maximum atomic E-state index is 13.0. The standard InChI is InChI=1S/C15H19FN4O3/c1-23-8-2-7-18-15(22)12-9-13(14(17)21)20(19-12)11-5-3-10(16)4-6-11/h3-6,13H,2,7-9H2,1H3,(H2,17,21)(H,18,22)/t13-/m0/s1. The Morgan fingerprint density at radius 2 is 2.13 bits per heavy atom. The fourth-order valence-corrected chi connectivity index (χ4v) is 2.22. The van der Waals surface area contributed by atoms with Crippen molar-refractivity contribution < 1.29 is 18.7 Å². The highest BCUT2D eigenvalue weighted by Gasteiger charge is 2.34. The number of nitrogens with one attached hydrogen (secondary N) is 1. The number of nitrogens with two attached hydrogens (primary N) is 1. The normalized spacial score (nSPS) is 17.0. The van der Waals surface area contributed by atoms with Gasteiger partial charge in [0.1, 0.15) is 17.6 Å². The Bertz CT molecular complexity index is 603. The largest absolute Gasteiger partial charge is 0.385 e. The highest BCUT2D eigenvalue weighted by molar-refractivity contribution is 6.40. The van der Waals surface area contributed by atoms with E-state index in [0.29, 0.717) is 25.3 Å². The second-order valence-corrected chi connectivity index (χ2v) is 5.09. The van der Waals surface area contributed by atoms with Crippen molar-refractivity contribution in [2.75, 3.05) is 25.3 Å². The van der Waals surface area contributed by atoms with Crippen LogP contribution in [-0.4, -0.2) is 43.8 Å². The molecule has 1 atom stereocenters. The molecule has 7 nitrogen and oxygen atoms in total. The fraction of sp³-hybridized carbons (Fsp3) is 0.400. The molecule has 124 valence electrons. The quantitative estimate of drug-likeness (QED) is 0.710. The molecule has 0 bridgehead atoms. The molecule has 3 N–H and O–H groups in total. The molecule has 2 amide bonds. The van der Waals surface area contributed by atoms with Crippen molar-refractivity contribution in [3.05, 3.63) is 30.1 Å². The molecule has 1 aromatic rings. The summed E-state index contributed by atoms with van der Waals surface area (Å²) >= 11 is 0.